The molecule has 2 aliphatic heterocycles. The molecule has 1 unspecified atom stereocenters. The van der Waals surface area contributed by atoms with E-state index in [1.54, 1.807) is 10.4 Å². The minimum absolute atomic E-state index is 0.120. The lowest BCUT2D eigenvalue weighted by Crippen LogP contribution is -2.36. The molecule has 0 saturated carbocycles. The van der Waals surface area contributed by atoms with E-state index in [0.717, 1.165) is 56.4 Å². The van der Waals surface area contributed by atoms with Gasteiger partial charge in [0.2, 0.25) is 5.91 Å². The molecule has 162 valence electrons. The van der Waals surface area contributed by atoms with Crippen molar-refractivity contribution in [3.05, 3.63) is 52.9 Å². The van der Waals surface area contributed by atoms with Crippen molar-refractivity contribution in [1.82, 2.24) is 9.21 Å². The molecule has 4 rings (SSSR count). The zero-order valence-corrected chi connectivity index (χ0v) is 19.0. The Morgan fingerprint density at radius 1 is 0.967 bits per heavy atom. The molecule has 1 aromatic heterocycles. The molecule has 1 amide bonds. The molecule has 0 bridgehead atoms. The average Bonchev–Trinajstić information content (AvgIpc) is 3.43. The van der Waals surface area contributed by atoms with Crippen LogP contribution in [0.3, 0.4) is 0 Å². The second-order valence-electron chi connectivity index (χ2n) is 8.27. The number of hydrogen-bond donors (Lipinski definition) is 0. The van der Waals surface area contributed by atoms with Gasteiger partial charge in [0.15, 0.2) is 0 Å². The molecule has 0 spiro atoms. The Morgan fingerprint density at radius 3 is 2.50 bits per heavy atom. The normalized spacial score (nSPS) is 20.5. The van der Waals surface area contributed by atoms with Crippen LogP contribution in [0.4, 0.5) is 0 Å². The van der Waals surface area contributed by atoms with E-state index in [4.69, 9.17) is 0 Å². The standard InChI is InChI=1S/C23H30N2O3S2/c26-22(25-17-7-10-20(25)12-11-19-8-3-1-4-9-19)18-21-13-14-23(29-21)30(27,28)24-15-5-2-6-16-24/h1,3-4,8-9,13-14,20H,2,5-7,10-12,15-18H2. The third-order valence-electron chi connectivity index (χ3n) is 6.18. The summed E-state index contributed by atoms with van der Waals surface area (Å²) in [5.41, 5.74) is 1.31. The number of likely N-dealkylation sites (tertiary alicyclic amines) is 1. The molecule has 30 heavy (non-hydrogen) atoms. The SMILES string of the molecule is O=C(Cc1ccc(S(=O)(=O)N2CCCCC2)s1)N1CCCC1CCc1ccccc1. The molecule has 0 aliphatic carbocycles. The molecule has 2 fully saturated rings. The summed E-state index contributed by atoms with van der Waals surface area (Å²) < 4.78 is 27.7. The molecule has 3 heterocycles. The van der Waals surface area contributed by atoms with Crippen molar-refractivity contribution in [2.45, 2.75) is 61.6 Å². The van der Waals surface area contributed by atoms with Crippen molar-refractivity contribution in [3.63, 3.8) is 0 Å². The van der Waals surface area contributed by atoms with Crippen LogP contribution in [0.1, 0.15) is 49.0 Å². The number of hydrogen-bond acceptors (Lipinski definition) is 4. The number of rotatable bonds is 7. The number of sulfonamides is 1. The summed E-state index contributed by atoms with van der Waals surface area (Å²) in [7, 11) is -3.42. The predicted octanol–water partition coefficient (Wildman–Crippen LogP) is 4.09. The Hall–Kier alpha value is -1.70. The van der Waals surface area contributed by atoms with Crippen LogP contribution in [-0.2, 0) is 27.7 Å². The van der Waals surface area contributed by atoms with Gasteiger partial charge in [-0.1, -0.05) is 36.8 Å². The van der Waals surface area contributed by atoms with Crippen molar-refractivity contribution in [2.75, 3.05) is 19.6 Å². The summed E-state index contributed by atoms with van der Waals surface area (Å²) in [6.07, 6.45) is 7.30. The minimum Gasteiger partial charge on any atom is -0.339 e. The number of piperidine rings is 1. The zero-order chi connectivity index (χ0) is 21.0. The second kappa shape index (κ2) is 9.62. The van der Waals surface area contributed by atoms with Gasteiger partial charge in [-0.3, -0.25) is 4.79 Å². The Bertz CT molecular complexity index is 950. The molecular formula is C23H30N2O3S2. The van der Waals surface area contributed by atoms with Gasteiger partial charge in [0, 0.05) is 30.6 Å². The van der Waals surface area contributed by atoms with E-state index in [1.165, 1.54) is 16.9 Å². The number of nitrogens with zero attached hydrogens (tertiary/aromatic N) is 2. The molecule has 1 atom stereocenters. The molecule has 7 heteroatoms. The maximum atomic E-state index is 13.0. The van der Waals surface area contributed by atoms with Crippen LogP contribution in [0.15, 0.2) is 46.7 Å². The highest BCUT2D eigenvalue weighted by atomic mass is 32.2. The number of carbonyl (C=O) groups is 1. The van der Waals surface area contributed by atoms with Crippen molar-refractivity contribution in [1.29, 1.82) is 0 Å². The van der Waals surface area contributed by atoms with Crippen LogP contribution in [0, 0.1) is 0 Å². The lowest BCUT2D eigenvalue weighted by Gasteiger charge is -2.25. The molecule has 2 aliphatic rings. The molecule has 1 aromatic carbocycles. The highest BCUT2D eigenvalue weighted by Gasteiger charge is 2.30. The first-order valence-electron chi connectivity index (χ1n) is 11.0. The summed E-state index contributed by atoms with van der Waals surface area (Å²) in [5, 5.41) is 0. The minimum atomic E-state index is -3.42. The Morgan fingerprint density at radius 2 is 1.73 bits per heavy atom. The monoisotopic (exact) mass is 446 g/mol. The lowest BCUT2D eigenvalue weighted by molar-refractivity contribution is -0.131. The van der Waals surface area contributed by atoms with Gasteiger partial charge in [-0.25, -0.2) is 8.42 Å². The van der Waals surface area contributed by atoms with Gasteiger partial charge < -0.3 is 4.90 Å². The van der Waals surface area contributed by atoms with Gasteiger partial charge in [0.1, 0.15) is 4.21 Å². The van der Waals surface area contributed by atoms with E-state index in [2.05, 4.69) is 24.3 Å². The number of amides is 1. The van der Waals surface area contributed by atoms with Gasteiger partial charge >= 0.3 is 0 Å². The Balaban J connectivity index is 1.36. The Kier molecular flexibility index (Phi) is 6.91. The number of thiophene rings is 1. The number of aryl methyl sites for hydroxylation is 1. The van der Waals surface area contributed by atoms with Crippen LogP contribution in [-0.4, -0.2) is 49.2 Å². The quantitative estimate of drug-likeness (QED) is 0.644. The van der Waals surface area contributed by atoms with Crippen LogP contribution in [0.2, 0.25) is 0 Å². The van der Waals surface area contributed by atoms with Crippen LogP contribution < -0.4 is 0 Å². The summed E-state index contributed by atoms with van der Waals surface area (Å²) in [6, 6.07) is 14.2. The summed E-state index contributed by atoms with van der Waals surface area (Å²) in [5.74, 6) is 0.120. The maximum Gasteiger partial charge on any atom is 0.252 e. The first-order chi connectivity index (χ1) is 14.5. The Labute approximate surface area is 183 Å². The number of carbonyl (C=O) groups excluding carboxylic acids is 1. The third-order valence-corrected chi connectivity index (χ3v) is 9.63. The molecule has 2 saturated heterocycles. The fraction of sp³-hybridized carbons (Fsp3) is 0.522. The third kappa shape index (κ3) is 4.95. The average molecular weight is 447 g/mol. The van der Waals surface area contributed by atoms with Gasteiger partial charge in [0.25, 0.3) is 10.0 Å². The molecule has 0 radical (unpaired) electrons. The first-order valence-corrected chi connectivity index (χ1v) is 13.2. The molecule has 0 N–H and O–H groups in total. The molecular weight excluding hydrogens is 416 g/mol. The van der Waals surface area contributed by atoms with E-state index in [9.17, 15) is 13.2 Å². The first kappa shape index (κ1) is 21.5. The molecule has 5 nitrogen and oxygen atoms in total. The summed E-state index contributed by atoms with van der Waals surface area (Å²) in [4.78, 5) is 15.8. The molecule has 2 aromatic rings. The van der Waals surface area contributed by atoms with Crippen LogP contribution >= 0.6 is 11.3 Å². The fourth-order valence-electron chi connectivity index (χ4n) is 4.52. The number of benzene rings is 1. The topological polar surface area (TPSA) is 57.7 Å². The van der Waals surface area contributed by atoms with Crippen molar-refractivity contribution in [3.8, 4) is 0 Å². The van der Waals surface area contributed by atoms with Gasteiger partial charge in [-0.05, 0) is 56.2 Å². The van der Waals surface area contributed by atoms with Gasteiger partial charge in [0.05, 0.1) is 6.42 Å². The van der Waals surface area contributed by atoms with E-state index >= 15 is 0 Å². The van der Waals surface area contributed by atoms with Crippen LogP contribution in [0.25, 0.3) is 0 Å². The summed E-state index contributed by atoms with van der Waals surface area (Å²) >= 11 is 1.25. The largest absolute Gasteiger partial charge is 0.339 e. The van der Waals surface area contributed by atoms with Gasteiger partial charge in [-0.15, -0.1) is 11.3 Å². The van der Waals surface area contributed by atoms with E-state index in [0.29, 0.717) is 23.7 Å². The predicted molar refractivity (Wildman–Crippen MR) is 120 cm³/mol. The fourth-order valence-corrected chi connectivity index (χ4v) is 7.54. The smallest absolute Gasteiger partial charge is 0.252 e. The van der Waals surface area contributed by atoms with Crippen molar-refractivity contribution < 1.29 is 13.2 Å². The summed E-state index contributed by atoms with van der Waals surface area (Å²) in [6.45, 7) is 2.01. The highest BCUT2D eigenvalue weighted by Crippen LogP contribution is 2.29. The highest BCUT2D eigenvalue weighted by molar-refractivity contribution is 7.91. The van der Waals surface area contributed by atoms with Gasteiger partial charge in [-0.2, -0.15) is 4.31 Å². The van der Waals surface area contributed by atoms with Crippen molar-refractivity contribution in [2.24, 2.45) is 0 Å². The second-order valence-corrected chi connectivity index (χ2v) is 11.6. The van der Waals surface area contributed by atoms with Crippen LogP contribution in [0.5, 0.6) is 0 Å². The lowest BCUT2D eigenvalue weighted by atomic mass is 10.0. The zero-order valence-electron chi connectivity index (χ0n) is 17.3. The maximum absolute atomic E-state index is 13.0. The van der Waals surface area contributed by atoms with E-state index < -0.39 is 10.0 Å². The van der Waals surface area contributed by atoms with Crippen molar-refractivity contribution >= 4 is 27.3 Å². The van der Waals surface area contributed by atoms with E-state index in [1.807, 2.05) is 17.0 Å². The van der Waals surface area contributed by atoms with E-state index in [-0.39, 0.29) is 11.9 Å².